The first-order valence-electron chi connectivity index (χ1n) is 2.34. The summed E-state index contributed by atoms with van der Waals surface area (Å²) in [6.45, 7) is 0. The molecule has 0 aliphatic heterocycles. The molecule has 0 saturated heterocycles. The van der Waals surface area contributed by atoms with E-state index in [2.05, 4.69) is 31.9 Å². The number of halogens is 2. The molecule has 0 amide bonds. The van der Waals surface area contributed by atoms with Crippen molar-refractivity contribution >= 4 is 31.9 Å². The van der Waals surface area contributed by atoms with Crippen LogP contribution in [0.2, 0.25) is 0 Å². The Morgan fingerprint density at radius 1 is 1.30 bits per heavy atom. The SMILES string of the molecule is Oc1ccc(Br)cc1Br.[H-].[Na+]. The van der Waals surface area contributed by atoms with Gasteiger partial charge in [0.25, 0.3) is 0 Å². The second-order valence-electron chi connectivity index (χ2n) is 1.60. The van der Waals surface area contributed by atoms with E-state index in [0.717, 1.165) is 4.47 Å². The molecule has 1 N–H and O–H groups in total. The van der Waals surface area contributed by atoms with Crippen molar-refractivity contribution in [3.63, 3.8) is 0 Å². The van der Waals surface area contributed by atoms with Crippen LogP contribution in [0.4, 0.5) is 0 Å². The van der Waals surface area contributed by atoms with Crippen LogP contribution in [-0.4, -0.2) is 5.11 Å². The van der Waals surface area contributed by atoms with Crippen LogP contribution in [0.15, 0.2) is 27.1 Å². The molecule has 1 nitrogen and oxygen atoms in total. The fourth-order valence-corrected chi connectivity index (χ4v) is 1.53. The van der Waals surface area contributed by atoms with Gasteiger partial charge in [0.1, 0.15) is 5.75 Å². The molecule has 1 aromatic carbocycles. The van der Waals surface area contributed by atoms with Crippen molar-refractivity contribution in [3.05, 3.63) is 27.1 Å². The first-order chi connectivity index (χ1) is 4.20. The smallest absolute Gasteiger partial charge is 1.00 e. The van der Waals surface area contributed by atoms with E-state index >= 15 is 0 Å². The van der Waals surface area contributed by atoms with Crippen molar-refractivity contribution in [1.82, 2.24) is 0 Å². The molecule has 0 saturated carbocycles. The summed E-state index contributed by atoms with van der Waals surface area (Å²) >= 11 is 6.42. The summed E-state index contributed by atoms with van der Waals surface area (Å²) in [7, 11) is 0. The van der Waals surface area contributed by atoms with Crippen LogP contribution in [0.1, 0.15) is 1.43 Å². The number of benzene rings is 1. The van der Waals surface area contributed by atoms with E-state index in [1.807, 2.05) is 0 Å². The molecule has 0 bridgehead atoms. The van der Waals surface area contributed by atoms with Gasteiger partial charge >= 0.3 is 29.6 Å². The number of rotatable bonds is 0. The van der Waals surface area contributed by atoms with Gasteiger partial charge in [-0.3, -0.25) is 0 Å². The monoisotopic (exact) mass is 274 g/mol. The third-order valence-corrected chi connectivity index (χ3v) is 2.04. The predicted octanol–water partition coefficient (Wildman–Crippen LogP) is 0.0337. The van der Waals surface area contributed by atoms with Gasteiger partial charge in [0.2, 0.25) is 0 Å². The van der Waals surface area contributed by atoms with Gasteiger partial charge in [0, 0.05) is 4.47 Å². The van der Waals surface area contributed by atoms with Crippen molar-refractivity contribution in [1.29, 1.82) is 0 Å². The van der Waals surface area contributed by atoms with Gasteiger partial charge in [0.15, 0.2) is 0 Å². The zero-order valence-corrected chi connectivity index (χ0v) is 10.6. The summed E-state index contributed by atoms with van der Waals surface area (Å²) in [5.74, 6) is 0.262. The minimum absolute atomic E-state index is 0. The average Bonchev–Trinajstić information content (AvgIpc) is 1.80. The second-order valence-corrected chi connectivity index (χ2v) is 3.37. The maximum absolute atomic E-state index is 8.98. The zero-order valence-electron chi connectivity index (χ0n) is 6.44. The molecule has 4 heteroatoms. The number of phenols is 1. The van der Waals surface area contributed by atoms with Crippen LogP contribution in [0, 0.1) is 0 Å². The number of phenolic OH excluding ortho intramolecular Hbond substituents is 1. The standard InChI is InChI=1S/C6H4Br2O.Na.H/c7-4-1-2-6(9)5(8)3-4;;/h1-3,9H;;/q;+1;-1. The number of hydrogen-bond acceptors (Lipinski definition) is 1. The van der Waals surface area contributed by atoms with Crippen LogP contribution in [0.25, 0.3) is 0 Å². The minimum atomic E-state index is 0. The van der Waals surface area contributed by atoms with E-state index in [-0.39, 0.29) is 36.7 Å². The molecule has 0 atom stereocenters. The van der Waals surface area contributed by atoms with Crippen molar-refractivity contribution in [2.24, 2.45) is 0 Å². The van der Waals surface area contributed by atoms with E-state index in [1.165, 1.54) is 0 Å². The fourth-order valence-electron chi connectivity index (χ4n) is 0.481. The van der Waals surface area contributed by atoms with Gasteiger partial charge < -0.3 is 6.53 Å². The van der Waals surface area contributed by atoms with Crippen LogP contribution >= 0.6 is 31.9 Å². The normalized spacial score (nSPS) is 8.60. The Kier molecular flexibility index (Phi) is 5.24. The minimum Gasteiger partial charge on any atom is -1.00 e. The van der Waals surface area contributed by atoms with Gasteiger partial charge in [-0.05, 0) is 34.1 Å². The molecule has 0 aliphatic rings. The molecule has 1 aromatic rings. The molecular formula is C6H5Br2NaO. The molecule has 0 radical (unpaired) electrons. The van der Waals surface area contributed by atoms with E-state index in [0.29, 0.717) is 4.47 Å². The van der Waals surface area contributed by atoms with E-state index in [4.69, 9.17) is 5.11 Å². The zero-order chi connectivity index (χ0) is 6.85. The molecule has 0 fully saturated rings. The second kappa shape index (κ2) is 4.78. The summed E-state index contributed by atoms with van der Waals surface area (Å²) in [5.41, 5.74) is 0. The first kappa shape index (κ1) is 11.0. The predicted molar refractivity (Wildman–Crippen MR) is 44.6 cm³/mol. The molecule has 0 aromatic heterocycles. The topological polar surface area (TPSA) is 20.2 Å². The van der Waals surface area contributed by atoms with Crippen LogP contribution in [0.3, 0.4) is 0 Å². The summed E-state index contributed by atoms with van der Waals surface area (Å²) in [4.78, 5) is 0. The van der Waals surface area contributed by atoms with Gasteiger partial charge in [-0.1, -0.05) is 15.9 Å². The van der Waals surface area contributed by atoms with Gasteiger partial charge in [-0.25, -0.2) is 0 Å². The quantitative estimate of drug-likeness (QED) is 0.663. The molecule has 0 spiro atoms. The fraction of sp³-hybridized carbons (Fsp3) is 0. The molecule has 1 rings (SSSR count). The molecule has 10 heavy (non-hydrogen) atoms. The van der Waals surface area contributed by atoms with Crippen molar-refractivity contribution in [2.45, 2.75) is 0 Å². The van der Waals surface area contributed by atoms with Crippen molar-refractivity contribution in [3.8, 4) is 5.75 Å². The molecular weight excluding hydrogens is 271 g/mol. The molecule has 0 unspecified atom stereocenters. The average molecular weight is 276 g/mol. The summed E-state index contributed by atoms with van der Waals surface area (Å²) < 4.78 is 1.66. The van der Waals surface area contributed by atoms with Gasteiger partial charge in [-0.15, -0.1) is 0 Å². The molecule has 0 aliphatic carbocycles. The third kappa shape index (κ3) is 2.93. The van der Waals surface area contributed by atoms with Crippen LogP contribution in [-0.2, 0) is 0 Å². The van der Waals surface area contributed by atoms with Crippen LogP contribution < -0.4 is 29.6 Å². The Bertz CT molecular complexity index is 232. The van der Waals surface area contributed by atoms with Gasteiger partial charge in [-0.2, -0.15) is 0 Å². The molecule has 50 valence electrons. The van der Waals surface area contributed by atoms with Crippen molar-refractivity contribution in [2.75, 3.05) is 0 Å². The van der Waals surface area contributed by atoms with Crippen molar-refractivity contribution < 1.29 is 36.1 Å². The Balaban J connectivity index is 0. The Morgan fingerprint density at radius 2 is 1.90 bits per heavy atom. The first-order valence-corrected chi connectivity index (χ1v) is 3.93. The Morgan fingerprint density at radius 3 is 2.30 bits per heavy atom. The third-order valence-electron chi connectivity index (χ3n) is 0.910. The largest absolute Gasteiger partial charge is 1.00 e. The summed E-state index contributed by atoms with van der Waals surface area (Å²) in [6, 6.07) is 5.18. The van der Waals surface area contributed by atoms with E-state index in [1.54, 1.807) is 18.2 Å². The van der Waals surface area contributed by atoms with Crippen LogP contribution in [0.5, 0.6) is 5.75 Å². The number of hydrogen-bond donors (Lipinski definition) is 1. The summed E-state index contributed by atoms with van der Waals surface area (Å²) in [6.07, 6.45) is 0. The van der Waals surface area contributed by atoms with E-state index < -0.39 is 0 Å². The van der Waals surface area contributed by atoms with E-state index in [9.17, 15) is 0 Å². The summed E-state index contributed by atoms with van der Waals surface area (Å²) in [5, 5.41) is 8.98. The molecule has 0 heterocycles. The maximum Gasteiger partial charge on any atom is 1.00 e. The van der Waals surface area contributed by atoms with Gasteiger partial charge in [0.05, 0.1) is 4.47 Å². The Hall–Kier alpha value is 0.980. The number of aromatic hydroxyl groups is 1. The maximum atomic E-state index is 8.98. The Labute approximate surface area is 99.9 Å².